The molecule has 1 atom stereocenters. The minimum absolute atomic E-state index is 0.0250. The molecular weight excluding hydrogens is 269 g/mol. The molecule has 0 spiro atoms. The van der Waals surface area contributed by atoms with Gasteiger partial charge in [0.25, 0.3) is 5.91 Å². The van der Waals surface area contributed by atoms with Gasteiger partial charge in [-0.2, -0.15) is 0 Å². The summed E-state index contributed by atoms with van der Waals surface area (Å²) in [6.45, 7) is 0. The number of ether oxygens (including phenoxy) is 1. The molecule has 1 amide bonds. The van der Waals surface area contributed by atoms with Crippen LogP contribution in [-0.4, -0.2) is 20.1 Å². The van der Waals surface area contributed by atoms with Crippen LogP contribution in [0.15, 0.2) is 48.5 Å². The summed E-state index contributed by atoms with van der Waals surface area (Å²) in [6, 6.07) is 14.1. The second-order valence-corrected chi connectivity index (χ2v) is 5.21. The molecule has 2 aromatic carbocycles. The van der Waals surface area contributed by atoms with E-state index < -0.39 is 11.6 Å². The molecule has 108 valence electrons. The molecule has 0 saturated carbocycles. The SMILES string of the molecule is COc1ccc(CC2(F)C(=O)N(C)c3ccccc32)cc1. The van der Waals surface area contributed by atoms with Crippen LogP contribution >= 0.6 is 0 Å². The van der Waals surface area contributed by atoms with Gasteiger partial charge in [0.1, 0.15) is 5.75 Å². The summed E-state index contributed by atoms with van der Waals surface area (Å²) in [4.78, 5) is 13.7. The molecule has 0 radical (unpaired) electrons. The lowest BCUT2D eigenvalue weighted by atomic mass is 9.90. The van der Waals surface area contributed by atoms with Crippen molar-refractivity contribution in [2.75, 3.05) is 19.1 Å². The predicted octanol–water partition coefficient (Wildman–Crippen LogP) is 3.08. The molecule has 0 aliphatic carbocycles. The number of carbonyl (C=O) groups is 1. The van der Waals surface area contributed by atoms with Gasteiger partial charge in [-0.05, 0) is 23.8 Å². The Hall–Kier alpha value is -2.36. The zero-order valence-corrected chi connectivity index (χ0v) is 12.0. The highest BCUT2D eigenvalue weighted by molar-refractivity contribution is 6.06. The highest BCUT2D eigenvalue weighted by Gasteiger charge is 2.50. The Balaban J connectivity index is 1.98. The molecule has 0 N–H and O–H groups in total. The molecule has 0 bridgehead atoms. The number of halogens is 1. The maximum absolute atomic E-state index is 15.4. The van der Waals surface area contributed by atoms with Crippen molar-refractivity contribution in [2.24, 2.45) is 0 Å². The Morgan fingerprint density at radius 3 is 2.48 bits per heavy atom. The van der Waals surface area contributed by atoms with Crippen LogP contribution in [-0.2, 0) is 16.9 Å². The number of rotatable bonds is 3. The van der Waals surface area contributed by atoms with E-state index in [0.717, 1.165) is 5.56 Å². The van der Waals surface area contributed by atoms with Crippen LogP contribution in [0, 0.1) is 0 Å². The molecule has 1 aliphatic rings. The first-order chi connectivity index (χ1) is 10.1. The van der Waals surface area contributed by atoms with Gasteiger partial charge < -0.3 is 9.64 Å². The van der Waals surface area contributed by atoms with Crippen LogP contribution in [0.3, 0.4) is 0 Å². The summed E-state index contributed by atoms with van der Waals surface area (Å²) in [5.41, 5.74) is -0.163. The molecule has 21 heavy (non-hydrogen) atoms. The average molecular weight is 285 g/mol. The minimum atomic E-state index is -2.00. The topological polar surface area (TPSA) is 29.5 Å². The second-order valence-electron chi connectivity index (χ2n) is 5.21. The van der Waals surface area contributed by atoms with Crippen molar-refractivity contribution in [1.82, 2.24) is 0 Å². The van der Waals surface area contributed by atoms with E-state index in [1.54, 1.807) is 56.6 Å². The molecule has 3 rings (SSSR count). The van der Waals surface area contributed by atoms with Crippen molar-refractivity contribution < 1.29 is 13.9 Å². The predicted molar refractivity (Wildman–Crippen MR) is 79.3 cm³/mol. The summed E-state index contributed by atoms with van der Waals surface area (Å²) in [6.07, 6.45) is 0.0250. The number of amides is 1. The molecular formula is C17H16FNO2. The van der Waals surface area contributed by atoms with Gasteiger partial charge in [-0.1, -0.05) is 30.3 Å². The van der Waals surface area contributed by atoms with E-state index in [-0.39, 0.29) is 6.42 Å². The third-order valence-corrected chi connectivity index (χ3v) is 3.94. The summed E-state index contributed by atoms with van der Waals surface area (Å²) in [5, 5.41) is 0. The standard InChI is InChI=1S/C17H16FNO2/c1-19-15-6-4-3-5-14(15)17(18,16(19)20)11-12-7-9-13(21-2)10-8-12/h3-10H,11H2,1-2H3. The Bertz CT molecular complexity index is 683. The number of para-hydroxylation sites is 1. The number of anilines is 1. The van der Waals surface area contributed by atoms with Gasteiger partial charge in [0.15, 0.2) is 0 Å². The summed E-state index contributed by atoms with van der Waals surface area (Å²) >= 11 is 0. The van der Waals surface area contributed by atoms with Gasteiger partial charge in [0.05, 0.1) is 12.8 Å². The van der Waals surface area contributed by atoms with Crippen molar-refractivity contribution >= 4 is 11.6 Å². The molecule has 4 heteroatoms. The van der Waals surface area contributed by atoms with E-state index in [9.17, 15) is 4.79 Å². The van der Waals surface area contributed by atoms with Crippen LogP contribution in [0.25, 0.3) is 0 Å². The van der Waals surface area contributed by atoms with Crippen molar-refractivity contribution in [1.29, 1.82) is 0 Å². The number of hydrogen-bond donors (Lipinski definition) is 0. The number of hydrogen-bond acceptors (Lipinski definition) is 2. The molecule has 1 heterocycles. The fourth-order valence-electron chi connectivity index (χ4n) is 2.79. The molecule has 2 aromatic rings. The highest BCUT2D eigenvalue weighted by atomic mass is 19.1. The zero-order valence-electron chi connectivity index (χ0n) is 12.0. The number of alkyl halides is 1. The van der Waals surface area contributed by atoms with Crippen LogP contribution < -0.4 is 9.64 Å². The highest BCUT2D eigenvalue weighted by Crippen LogP contribution is 2.44. The van der Waals surface area contributed by atoms with Gasteiger partial charge in [-0.15, -0.1) is 0 Å². The van der Waals surface area contributed by atoms with Crippen molar-refractivity contribution in [2.45, 2.75) is 12.1 Å². The van der Waals surface area contributed by atoms with E-state index >= 15 is 4.39 Å². The third kappa shape index (κ3) is 2.07. The van der Waals surface area contributed by atoms with Gasteiger partial charge in [-0.3, -0.25) is 4.79 Å². The lowest BCUT2D eigenvalue weighted by Crippen LogP contribution is -2.36. The van der Waals surface area contributed by atoms with E-state index in [0.29, 0.717) is 17.0 Å². The first-order valence-corrected chi connectivity index (χ1v) is 6.76. The lowest BCUT2D eigenvalue weighted by Gasteiger charge is -2.19. The first-order valence-electron chi connectivity index (χ1n) is 6.76. The maximum Gasteiger partial charge on any atom is 0.269 e. The monoisotopic (exact) mass is 285 g/mol. The van der Waals surface area contributed by atoms with Crippen LogP contribution in [0.4, 0.5) is 10.1 Å². The molecule has 0 aromatic heterocycles. The van der Waals surface area contributed by atoms with Gasteiger partial charge in [0, 0.05) is 19.0 Å². The Kier molecular flexibility index (Phi) is 3.16. The van der Waals surface area contributed by atoms with Crippen LogP contribution in [0.5, 0.6) is 5.75 Å². The Labute approximate surface area is 123 Å². The molecule has 0 saturated heterocycles. The normalized spacial score (nSPS) is 20.5. The molecule has 3 nitrogen and oxygen atoms in total. The maximum atomic E-state index is 15.4. The summed E-state index contributed by atoms with van der Waals surface area (Å²) in [5.74, 6) is 0.196. The van der Waals surface area contributed by atoms with Gasteiger partial charge in [0.2, 0.25) is 5.67 Å². The van der Waals surface area contributed by atoms with E-state index in [1.807, 2.05) is 6.07 Å². The number of benzene rings is 2. The lowest BCUT2D eigenvalue weighted by molar-refractivity contribution is -0.129. The zero-order chi connectivity index (χ0) is 15.0. The van der Waals surface area contributed by atoms with Crippen molar-refractivity contribution in [3.8, 4) is 5.75 Å². The largest absolute Gasteiger partial charge is 0.497 e. The summed E-state index contributed by atoms with van der Waals surface area (Å²) < 4.78 is 20.5. The smallest absolute Gasteiger partial charge is 0.269 e. The van der Waals surface area contributed by atoms with E-state index in [4.69, 9.17) is 4.74 Å². The molecule has 1 aliphatic heterocycles. The molecule has 1 unspecified atom stereocenters. The van der Waals surface area contributed by atoms with Crippen molar-refractivity contribution in [3.63, 3.8) is 0 Å². The number of likely N-dealkylation sites (N-methyl/N-ethyl adjacent to an activating group) is 1. The number of methoxy groups -OCH3 is 1. The summed E-state index contributed by atoms with van der Waals surface area (Å²) in [7, 11) is 3.19. The quantitative estimate of drug-likeness (QED) is 0.867. The Morgan fingerprint density at radius 1 is 1.14 bits per heavy atom. The third-order valence-electron chi connectivity index (χ3n) is 3.94. The van der Waals surface area contributed by atoms with Crippen molar-refractivity contribution in [3.05, 3.63) is 59.7 Å². The Morgan fingerprint density at radius 2 is 1.81 bits per heavy atom. The first kappa shape index (κ1) is 13.6. The number of nitrogens with zero attached hydrogens (tertiary/aromatic N) is 1. The molecule has 0 fully saturated rings. The fourth-order valence-corrected chi connectivity index (χ4v) is 2.79. The number of carbonyl (C=O) groups excluding carboxylic acids is 1. The number of fused-ring (bicyclic) bond motifs is 1. The van der Waals surface area contributed by atoms with Crippen LogP contribution in [0.2, 0.25) is 0 Å². The van der Waals surface area contributed by atoms with E-state index in [2.05, 4.69) is 0 Å². The second kappa shape index (κ2) is 4.88. The van der Waals surface area contributed by atoms with E-state index in [1.165, 1.54) is 4.90 Å². The minimum Gasteiger partial charge on any atom is -0.497 e. The fraction of sp³-hybridized carbons (Fsp3) is 0.235. The van der Waals surface area contributed by atoms with Gasteiger partial charge in [-0.25, -0.2) is 4.39 Å². The van der Waals surface area contributed by atoms with Crippen LogP contribution in [0.1, 0.15) is 11.1 Å². The van der Waals surface area contributed by atoms with Gasteiger partial charge >= 0.3 is 0 Å². The average Bonchev–Trinajstić information content (AvgIpc) is 2.71.